The molecule has 1 aromatic carbocycles. The molecule has 0 saturated carbocycles. The molecule has 0 bridgehead atoms. The van der Waals surface area contributed by atoms with Gasteiger partial charge in [0.05, 0.1) is 6.10 Å². The largest absolute Gasteiger partial charge is 0.374 e. The van der Waals surface area contributed by atoms with Gasteiger partial charge < -0.3 is 4.74 Å². The molecule has 0 amide bonds. The SMILES string of the molecule is SCc1cc(Cl)ccc1C1CCCO1. The Morgan fingerprint density at radius 2 is 2.36 bits per heavy atom. The molecule has 1 aliphatic rings. The summed E-state index contributed by atoms with van der Waals surface area (Å²) in [5, 5.41) is 0.774. The summed E-state index contributed by atoms with van der Waals surface area (Å²) in [5.41, 5.74) is 2.44. The van der Waals surface area contributed by atoms with Gasteiger partial charge in [0.2, 0.25) is 0 Å². The Morgan fingerprint density at radius 1 is 1.50 bits per heavy atom. The summed E-state index contributed by atoms with van der Waals surface area (Å²) in [4.78, 5) is 0. The number of benzene rings is 1. The van der Waals surface area contributed by atoms with Crippen molar-refractivity contribution in [3.63, 3.8) is 0 Å². The zero-order valence-electron chi connectivity index (χ0n) is 7.87. The number of hydrogen-bond acceptors (Lipinski definition) is 2. The van der Waals surface area contributed by atoms with E-state index in [1.807, 2.05) is 12.1 Å². The topological polar surface area (TPSA) is 9.23 Å². The van der Waals surface area contributed by atoms with Crippen LogP contribution >= 0.6 is 24.2 Å². The van der Waals surface area contributed by atoms with Crippen LogP contribution in [0.1, 0.15) is 30.1 Å². The van der Waals surface area contributed by atoms with E-state index in [2.05, 4.69) is 18.7 Å². The van der Waals surface area contributed by atoms with E-state index in [-0.39, 0.29) is 6.10 Å². The molecule has 0 aromatic heterocycles. The van der Waals surface area contributed by atoms with E-state index in [4.69, 9.17) is 16.3 Å². The van der Waals surface area contributed by atoms with E-state index in [1.165, 1.54) is 11.1 Å². The van der Waals surface area contributed by atoms with Gasteiger partial charge in [-0.2, -0.15) is 12.6 Å². The maximum absolute atomic E-state index is 5.93. The average Bonchev–Trinajstić information content (AvgIpc) is 2.70. The molecule has 1 heterocycles. The van der Waals surface area contributed by atoms with Crippen LogP contribution < -0.4 is 0 Å². The second kappa shape index (κ2) is 4.56. The lowest BCUT2D eigenvalue weighted by atomic mass is 10.0. The van der Waals surface area contributed by atoms with Gasteiger partial charge in [-0.25, -0.2) is 0 Å². The van der Waals surface area contributed by atoms with Crippen LogP contribution in [0.3, 0.4) is 0 Å². The Hall–Kier alpha value is -0.180. The van der Waals surface area contributed by atoms with Crippen molar-refractivity contribution in [2.45, 2.75) is 24.7 Å². The van der Waals surface area contributed by atoms with Crippen LogP contribution in [0.15, 0.2) is 18.2 Å². The first kappa shape index (κ1) is 10.3. The minimum absolute atomic E-state index is 0.259. The Labute approximate surface area is 94.8 Å². The number of halogens is 1. The van der Waals surface area contributed by atoms with E-state index in [9.17, 15) is 0 Å². The van der Waals surface area contributed by atoms with Gasteiger partial charge in [-0.3, -0.25) is 0 Å². The van der Waals surface area contributed by atoms with Crippen molar-refractivity contribution in [3.8, 4) is 0 Å². The van der Waals surface area contributed by atoms with Crippen LogP contribution in [-0.2, 0) is 10.5 Å². The molecule has 1 aliphatic heterocycles. The van der Waals surface area contributed by atoms with Crippen molar-refractivity contribution in [1.82, 2.24) is 0 Å². The molecule has 14 heavy (non-hydrogen) atoms. The van der Waals surface area contributed by atoms with E-state index in [1.54, 1.807) is 0 Å². The zero-order chi connectivity index (χ0) is 9.97. The zero-order valence-corrected chi connectivity index (χ0v) is 9.52. The van der Waals surface area contributed by atoms with Crippen molar-refractivity contribution < 1.29 is 4.74 Å². The van der Waals surface area contributed by atoms with Crippen LogP contribution in [0.4, 0.5) is 0 Å². The fourth-order valence-electron chi connectivity index (χ4n) is 1.85. The first-order chi connectivity index (χ1) is 6.81. The van der Waals surface area contributed by atoms with E-state index >= 15 is 0 Å². The van der Waals surface area contributed by atoms with Gasteiger partial charge in [-0.15, -0.1) is 0 Å². The molecule has 0 N–H and O–H groups in total. The third-order valence-electron chi connectivity index (χ3n) is 2.55. The first-order valence-electron chi connectivity index (χ1n) is 4.82. The third kappa shape index (κ3) is 2.08. The predicted molar refractivity (Wildman–Crippen MR) is 62.1 cm³/mol. The molecule has 76 valence electrons. The molecule has 1 atom stereocenters. The van der Waals surface area contributed by atoms with Crippen LogP contribution in [0.2, 0.25) is 5.02 Å². The monoisotopic (exact) mass is 228 g/mol. The van der Waals surface area contributed by atoms with E-state index < -0.39 is 0 Å². The van der Waals surface area contributed by atoms with Crippen molar-refractivity contribution in [1.29, 1.82) is 0 Å². The van der Waals surface area contributed by atoms with Gasteiger partial charge in [0.25, 0.3) is 0 Å². The van der Waals surface area contributed by atoms with E-state index in [0.717, 1.165) is 30.2 Å². The molecular weight excluding hydrogens is 216 g/mol. The first-order valence-corrected chi connectivity index (χ1v) is 5.83. The minimum atomic E-state index is 0.259. The predicted octanol–water partition coefficient (Wildman–Crippen LogP) is 3.62. The Morgan fingerprint density at radius 3 is 3.00 bits per heavy atom. The Bertz CT molecular complexity index is 321. The summed E-state index contributed by atoms with van der Waals surface area (Å²) in [6.07, 6.45) is 2.52. The van der Waals surface area contributed by atoms with Crippen LogP contribution in [0.5, 0.6) is 0 Å². The van der Waals surface area contributed by atoms with Crippen molar-refractivity contribution >= 4 is 24.2 Å². The smallest absolute Gasteiger partial charge is 0.0828 e. The average molecular weight is 229 g/mol. The van der Waals surface area contributed by atoms with Gasteiger partial charge in [0.15, 0.2) is 0 Å². The summed E-state index contributed by atoms with van der Waals surface area (Å²) >= 11 is 10.2. The normalized spacial score (nSPS) is 21.4. The molecule has 1 saturated heterocycles. The van der Waals surface area contributed by atoms with E-state index in [0.29, 0.717) is 0 Å². The summed E-state index contributed by atoms with van der Waals surface area (Å²) < 4.78 is 5.64. The fourth-order valence-corrected chi connectivity index (χ4v) is 2.32. The highest BCUT2D eigenvalue weighted by atomic mass is 35.5. The minimum Gasteiger partial charge on any atom is -0.374 e. The number of ether oxygens (including phenoxy) is 1. The standard InChI is InChI=1S/C11H13ClOS/c12-9-3-4-10(8(6-9)7-14)11-2-1-5-13-11/h3-4,6,11,14H,1-2,5,7H2. The van der Waals surface area contributed by atoms with Gasteiger partial charge in [0.1, 0.15) is 0 Å². The molecule has 1 unspecified atom stereocenters. The van der Waals surface area contributed by atoms with Crippen molar-refractivity contribution in [2.75, 3.05) is 6.61 Å². The number of rotatable bonds is 2. The van der Waals surface area contributed by atoms with Gasteiger partial charge in [-0.1, -0.05) is 17.7 Å². The molecule has 0 radical (unpaired) electrons. The molecular formula is C11H13ClOS. The summed E-state index contributed by atoms with van der Waals surface area (Å²) in [6, 6.07) is 5.96. The van der Waals surface area contributed by atoms with Gasteiger partial charge in [0, 0.05) is 17.4 Å². The molecule has 1 nitrogen and oxygen atoms in total. The maximum Gasteiger partial charge on any atom is 0.0828 e. The molecule has 1 aromatic rings. The van der Waals surface area contributed by atoms with Crippen molar-refractivity contribution in [3.05, 3.63) is 34.3 Å². The van der Waals surface area contributed by atoms with Gasteiger partial charge in [-0.05, 0) is 36.1 Å². The highest BCUT2D eigenvalue weighted by Gasteiger charge is 2.19. The quantitative estimate of drug-likeness (QED) is 0.761. The lowest BCUT2D eigenvalue weighted by Gasteiger charge is -2.14. The highest BCUT2D eigenvalue weighted by molar-refractivity contribution is 7.79. The second-order valence-electron chi connectivity index (χ2n) is 3.50. The molecule has 0 spiro atoms. The number of hydrogen-bond donors (Lipinski definition) is 1. The molecule has 1 fully saturated rings. The van der Waals surface area contributed by atoms with Gasteiger partial charge >= 0.3 is 0 Å². The second-order valence-corrected chi connectivity index (χ2v) is 4.26. The third-order valence-corrected chi connectivity index (χ3v) is 3.13. The fraction of sp³-hybridized carbons (Fsp3) is 0.455. The Balaban J connectivity index is 2.31. The highest BCUT2D eigenvalue weighted by Crippen LogP contribution is 2.32. The molecule has 3 heteroatoms. The van der Waals surface area contributed by atoms with Crippen LogP contribution in [-0.4, -0.2) is 6.61 Å². The molecule has 2 rings (SSSR count). The van der Waals surface area contributed by atoms with Crippen molar-refractivity contribution in [2.24, 2.45) is 0 Å². The lowest BCUT2D eigenvalue weighted by Crippen LogP contribution is -1.99. The molecule has 0 aliphatic carbocycles. The maximum atomic E-state index is 5.93. The number of thiol groups is 1. The Kier molecular flexibility index (Phi) is 3.37. The summed E-state index contributed by atoms with van der Waals surface area (Å²) in [6.45, 7) is 0.874. The van der Waals surface area contributed by atoms with Crippen LogP contribution in [0, 0.1) is 0 Å². The van der Waals surface area contributed by atoms with Crippen LogP contribution in [0.25, 0.3) is 0 Å². The summed E-state index contributed by atoms with van der Waals surface area (Å²) in [7, 11) is 0. The summed E-state index contributed by atoms with van der Waals surface area (Å²) in [5.74, 6) is 0.718. The lowest BCUT2D eigenvalue weighted by molar-refractivity contribution is 0.111.